The predicted octanol–water partition coefficient (Wildman–Crippen LogP) is 6.15. The van der Waals surface area contributed by atoms with Gasteiger partial charge in [0, 0.05) is 24.7 Å². The first-order valence-electron chi connectivity index (χ1n) is 12.0. The van der Waals surface area contributed by atoms with E-state index in [2.05, 4.69) is 69.0 Å². The fourth-order valence-electron chi connectivity index (χ4n) is 5.01. The van der Waals surface area contributed by atoms with Gasteiger partial charge in [-0.25, -0.2) is 19.3 Å². The third-order valence-corrected chi connectivity index (χ3v) is 6.98. The quantitative estimate of drug-likeness (QED) is 0.333. The Kier molecular flexibility index (Phi) is 5.32. The number of piperidine rings is 1. The molecule has 3 aromatic heterocycles. The SMILES string of the molecule is Cc1ccc(-c2[nH]c(C3CCN(c4ncnc5[nH]c(-c6ccc(F)cc6)cc45)CC3)nc2C)cc1. The lowest BCUT2D eigenvalue weighted by Gasteiger charge is -2.32. The average Bonchev–Trinajstić information content (AvgIpc) is 3.49. The van der Waals surface area contributed by atoms with Crippen molar-refractivity contribution in [1.29, 1.82) is 0 Å². The molecule has 5 aromatic rings. The molecule has 0 spiro atoms. The number of aryl methyl sites for hydroxylation is 2. The Bertz CT molecular complexity index is 1470. The largest absolute Gasteiger partial charge is 0.356 e. The highest BCUT2D eigenvalue weighted by Crippen LogP contribution is 2.34. The molecule has 1 aliphatic heterocycles. The van der Waals surface area contributed by atoms with Crippen molar-refractivity contribution in [2.45, 2.75) is 32.6 Å². The summed E-state index contributed by atoms with van der Waals surface area (Å²) in [5.74, 6) is 2.16. The van der Waals surface area contributed by atoms with Gasteiger partial charge < -0.3 is 14.9 Å². The number of H-pyrrole nitrogens is 2. The van der Waals surface area contributed by atoms with E-state index < -0.39 is 0 Å². The molecule has 35 heavy (non-hydrogen) atoms. The molecule has 1 aliphatic rings. The Morgan fingerprint density at radius 3 is 2.34 bits per heavy atom. The molecule has 0 atom stereocenters. The molecule has 6 nitrogen and oxygen atoms in total. The molecular formula is C28H27FN6. The molecule has 0 amide bonds. The molecule has 176 valence electrons. The van der Waals surface area contributed by atoms with Gasteiger partial charge in [-0.05, 0) is 68.1 Å². The lowest BCUT2D eigenvalue weighted by Crippen LogP contribution is -2.33. The van der Waals surface area contributed by atoms with Crippen LogP contribution in [0.5, 0.6) is 0 Å². The predicted molar refractivity (Wildman–Crippen MR) is 137 cm³/mol. The summed E-state index contributed by atoms with van der Waals surface area (Å²) in [6, 6.07) is 17.1. The number of imidazole rings is 1. The number of rotatable bonds is 4. The van der Waals surface area contributed by atoms with Crippen LogP contribution in [-0.2, 0) is 0 Å². The topological polar surface area (TPSA) is 73.5 Å². The number of nitrogens with zero attached hydrogens (tertiary/aromatic N) is 4. The number of nitrogens with one attached hydrogen (secondary N) is 2. The molecular weight excluding hydrogens is 439 g/mol. The van der Waals surface area contributed by atoms with Crippen molar-refractivity contribution in [3.05, 3.63) is 83.8 Å². The summed E-state index contributed by atoms with van der Waals surface area (Å²) in [6.07, 6.45) is 3.61. The van der Waals surface area contributed by atoms with Crippen LogP contribution in [0, 0.1) is 19.7 Å². The van der Waals surface area contributed by atoms with E-state index in [1.54, 1.807) is 18.5 Å². The zero-order chi connectivity index (χ0) is 23.9. The Morgan fingerprint density at radius 1 is 0.886 bits per heavy atom. The second-order valence-corrected chi connectivity index (χ2v) is 9.36. The van der Waals surface area contributed by atoms with Crippen LogP contribution in [0.1, 0.15) is 35.8 Å². The molecule has 0 saturated carbocycles. The van der Waals surface area contributed by atoms with Gasteiger partial charge in [-0.1, -0.05) is 29.8 Å². The number of anilines is 1. The third kappa shape index (κ3) is 4.07. The van der Waals surface area contributed by atoms with E-state index in [-0.39, 0.29) is 5.82 Å². The highest BCUT2D eigenvalue weighted by molar-refractivity contribution is 5.92. The van der Waals surface area contributed by atoms with Gasteiger partial charge in [0.05, 0.1) is 16.8 Å². The highest BCUT2D eigenvalue weighted by Gasteiger charge is 2.26. The summed E-state index contributed by atoms with van der Waals surface area (Å²) in [5.41, 5.74) is 7.21. The van der Waals surface area contributed by atoms with Crippen LogP contribution in [0.15, 0.2) is 60.9 Å². The van der Waals surface area contributed by atoms with E-state index in [9.17, 15) is 4.39 Å². The van der Waals surface area contributed by atoms with Crippen molar-refractivity contribution in [2.24, 2.45) is 0 Å². The molecule has 1 saturated heterocycles. The molecule has 0 bridgehead atoms. The normalized spacial score (nSPS) is 14.7. The van der Waals surface area contributed by atoms with Crippen molar-refractivity contribution in [1.82, 2.24) is 24.9 Å². The van der Waals surface area contributed by atoms with Crippen molar-refractivity contribution in [2.75, 3.05) is 18.0 Å². The second kappa shape index (κ2) is 8.65. The summed E-state index contributed by atoms with van der Waals surface area (Å²) in [7, 11) is 0. The number of aromatic nitrogens is 5. The van der Waals surface area contributed by atoms with Crippen molar-refractivity contribution < 1.29 is 4.39 Å². The minimum atomic E-state index is -0.244. The van der Waals surface area contributed by atoms with Crippen molar-refractivity contribution >= 4 is 16.9 Å². The van der Waals surface area contributed by atoms with Gasteiger partial charge in [0.25, 0.3) is 0 Å². The monoisotopic (exact) mass is 466 g/mol. The van der Waals surface area contributed by atoms with Gasteiger partial charge in [0.2, 0.25) is 0 Å². The smallest absolute Gasteiger partial charge is 0.143 e. The molecule has 6 rings (SSSR count). The number of aromatic amines is 2. The van der Waals surface area contributed by atoms with Gasteiger partial charge >= 0.3 is 0 Å². The maximum atomic E-state index is 13.3. The Balaban J connectivity index is 1.21. The number of fused-ring (bicyclic) bond motifs is 1. The van der Waals surface area contributed by atoms with E-state index in [1.807, 2.05) is 0 Å². The summed E-state index contributed by atoms with van der Waals surface area (Å²) in [5, 5.41) is 0.987. The first-order chi connectivity index (χ1) is 17.0. The molecule has 0 aliphatic carbocycles. The molecule has 7 heteroatoms. The van der Waals surface area contributed by atoms with Crippen LogP contribution in [-0.4, -0.2) is 38.0 Å². The summed E-state index contributed by atoms with van der Waals surface area (Å²) >= 11 is 0. The van der Waals surface area contributed by atoms with Gasteiger partial charge in [0.1, 0.15) is 29.4 Å². The number of halogens is 1. The molecule has 0 unspecified atom stereocenters. The van der Waals surface area contributed by atoms with Crippen LogP contribution >= 0.6 is 0 Å². The zero-order valence-electron chi connectivity index (χ0n) is 19.8. The van der Waals surface area contributed by atoms with Gasteiger partial charge in [-0.15, -0.1) is 0 Å². The van der Waals surface area contributed by atoms with E-state index in [0.29, 0.717) is 5.92 Å². The summed E-state index contributed by atoms with van der Waals surface area (Å²) < 4.78 is 13.3. The number of benzene rings is 2. The Labute approximate surface area is 203 Å². The zero-order valence-corrected chi connectivity index (χ0v) is 19.8. The molecule has 2 N–H and O–H groups in total. The summed E-state index contributed by atoms with van der Waals surface area (Å²) in [4.78, 5) is 23.2. The second-order valence-electron chi connectivity index (χ2n) is 9.36. The highest BCUT2D eigenvalue weighted by atomic mass is 19.1. The minimum absolute atomic E-state index is 0.244. The summed E-state index contributed by atoms with van der Waals surface area (Å²) in [6.45, 7) is 5.97. The lowest BCUT2D eigenvalue weighted by atomic mass is 9.96. The molecule has 4 heterocycles. The first-order valence-corrected chi connectivity index (χ1v) is 12.0. The van der Waals surface area contributed by atoms with Gasteiger partial charge in [-0.3, -0.25) is 0 Å². The van der Waals surface area contributed by atoms with Gasteiger partial charge in [-0.2, -0.15) is 0 Å². The minimum Gasteiger partial charge on any atom is -0.356 e. The molecule has 0 radical (unpaired) electrons. The van der Waals surface area contributed by atoms with Crippen molar-refractivity contribution in [3.8, 4) is 22.5 Å². The van der Waals surface area contributed by atoms with E-state index >= 15 is 0 Å². The van der Waals surface area contributed by atoms with Crippen LogP contribution in [0.3, 0.4) is 0 Å². The van der Waals surface area contributed by atoms with E-state index in [0.717, 1.165) is 71.3 Å². The fraction of sp³-hybridized carbons (Fsp3) is 0.250. The maximum Gasteiger partial charge on any atom is 0.143 e. The Morgan fingerprint density at radius 2 is 1.60 bits per heavy atom. The van der Waals surface area contributed by atoms with Crippen LogP contribution in [0.4, 0.5) is 10.2 Å². The third-order valence-electron chi connectivity index (χ3n) is 6.98. The maximum absolute atomic E-state index is 13.3. The molecule has 2 aromatic carbocycles. The van der Waals surface area contributed by atoms with Gasteiger partial charge in [0.15, 0.2) is 0 Å². The van der Waals surface area contributed by atoms with Crippen LogP contribution in [0.25, 0.3) is 33.5 Å². The standard InChI is InChI=1S/C28H27FN6/c1-17-3-5-20(6-4-17)25-18(2)32-26(34-25)21-11-13-35(14-12-21)28-23-15-24(33-27(23)30-16-31-28)19-7-9-22(29)10-8-19/h3-10,15-16,21H,11-14H2,1-2H3,(H,32,34)(H,30,31,33). The fourth-order valence-corrected chi connectivity index (χ4v) is 5.01. The lowest BCUT2D eigenvalue weighted by molar-refractivity contribution is 0.487. The Hall–Kier alpha value is -4.00. The van der Waals surface area contributed by atoms with E-state index in [4.69, 9.17) is 4.98 Å². The van der Waals surface area contributed by atoms with E-state index in [1.165, 1.54) is 23.3 Å². The number of hydrogen-bond donors (Lipinski definition) is 2. The molecule has 1 fully saturated rings. The van der Waals surface area contributed by atoms with Crippen LogP contribution < -0.4 is 4.90 Å². The van der Waals surface area contributed by atoms with Crippen molar-refractivity contribution in [3.63, 3.8) is 0 Å². The average molecular weight is 467 g/mol. The number of hydrogen-bond acceptors (Lipinski definition) is 4. The van der Waals surface area contributed by atoms with Crippen LogP contribution in [0.2, 0.25) is 0 Å². The first kappa shape index (κ1) is 21.5.